The molecule has 0 bridgehead atoms. The number of fused-ring (bicyclic) bond motifs is 1. The molecule has 3 rings (SSSR count). The van der Waals surface area contributed by atoms with Crippen molar-refractivity contribution in [2.75, 3.05) is 0 Å². The maximum absolute atomic E-state index is 12.6. The molecule has 120 valence electrons. The molecule has 2 aliphatic rings. The third kappa shape index (κ3) is 3.39. The van der Waals surface area contributed by atoms with Crippen LogP contribution in [0.4, 0.5) is 13.2 Å². The van der Waals surface area contributed by atoms with Gasteiger partial charge in [-0.25, -0.2) is 4.98 Å². The van der Waals surface area contributed by atoms with E-state index in [2.05, 4.69) is 4.98 Å². The number of halogens is 4. The molecule has 2 heterocycles. The molecule has 0 aromatic heterocycles. The lowest BCUT2D eigenvalue weighted by Gasteiger charge is -2.12. The summed E-state index contributed by atoms with van der Waals surface area (Å²) < 4.78 is 39.5. The quantitative estimate of drug-likeness (QED) is 0.541. The van der Waals surface area contributed by atoms with Crippen LogP contribution in [0.5, 0.6) is 0 Å². The van der Waals surface area contributed by atoms with Crippen LogP contribution in [0.3, 0.4) is 0 Å². The molecular formula is C16H12F3IN2O. The van der Waals surface area contributed by atoms with Crippen molar-refractivity contribution in [1.29, 1.82) is 0 Å². The molecule has 1 aromatic rings. The molecule has 0 N–H and O–H groups in total. The Morgan fingerprint density at radius 3 is 2.35 bits per heavy atom. The Bertz CT molecular complexity index is 857. The molecule has 7 heteroatoms. The highest BCUT2D eigenvalue weighted by Gasteiger charge is 2.30. The molecular weight excluding hydrogens is 420 g/mol. The molecule has 0 unspecified atom stereocenters. The largest absolute Gasteiger partial charge is 0.416 e. The van der Waals surface area contributed by atoms with E-state index in [9.17, 15) is 18.0 Å². The third-order valence-electron chi connectivity index (χ3n) is 3.46. The Morgan fingerprint density at radius 2 is 1.74 bits per heavy atom. The molecule has 0 fully saturated rings. The van der Waals surface area contributed by atoms with E-state index < -0.39 is 17.3 Å². The molecule has 0 atom stereocenters. The second-order valence-electron chi connectivity index (χ2n) is 4.94. The summed E-state index contributed by atoms with van der Waals surface area (Å²) in [5.41, 5.74) is 0.843. The van der Waals surface area contributed by atoms with Gasteiger partial charge in [0.15, 0.2) is 0 Å². The van der Waals surface area contributed by atoms with Crippen LogP contribution in [0.15, 0.2) is 53.5 Å². The Balaban J connectivity index is 0.00000192. The molecule has 0 amide bonds. The predicted octanol–water partition coefficient (Wildman–Crippen LogP) is 4.19. The van der Waals surface area contributed by atoms with Gasteiger partial charge in [-0.3, -0.25) is 4.79 Å². The van der Waals surface area contributed by atoms with Gasteiger partial charge in [0.25, 0.3) is 5.56 Å². The zero-order valence-electron chi connectivity index (χ0n) is 12.0. The van der Waals surface area contributed by atoms with Crippen LogP contribution in [0.1, 0.15) is 5.56 Å². The zero-order chi connectivity index (χ0) is 15.9. The van der Waals surface area contributed by atoms with E-state index in [-0.39, 0.29) is 24.0 Å². The Hall–Kier alpha value is -1.90. The van der Waals surface area contributed by atoms with Crippen molar-refractivity contribution in [2.24, 2.45) is 7.05 Å². The molecule has 0 spiro atoms. The lowest BCUT2D eigenvalue weighted by molar-refractivity contribution is -0.137. The SMILES string of the molecule is Cn1cccc2c(=O)nc(-c3ccc(C(F)(F)F)cc3)cc1-2.I. The molecule has 3 nitrogen and oxygen atoms in total. The molecule has 0 saturated carbocycles. The molecule has 1 aromatic carbocycles. The monoisotopic (exact) mass is 432 g/mol. The van der Waals surface area contributed by atoms with Crippen LogP contribution in [0.2, 0.25) is 0 Å². The Morgan fingerprint density at radius 1 is 1.09 bits per heavy atom. The van der Waals surface area contributed by atoms with Crippen LogP contribution in [-0.4, -0.2) is 9.55 Å². The number of rotatable bonds is 1. The van der Waals surface area contributed by atoms with Gasteiger partial charge in [0, 0.05) is 18.8 Å². The summed E-state index contributed by atoms with van der Waals surface area (Å²) in [7, 11) is 1.79. The minimum Gasteiger partial charge on any atom is -0.350 e. The first-order chi connectivity index (χ1) is 10.4. The summed E-state index contributed by atoms with van der Waals surface area (Å²) in [4.78, 5) is 16.0. The number of aryl methyl sites for hydroxylation is 1. The molecule has 0 radical (unpaired) electrons. The van der Waals surface area contributed by atoms with Crippen LogP contribution < -0.4 is 5.56 Å². The minimum atomic E-state index is -4.38. The first-order valence-electron chi connectivity index (χ1n) is 6.50. The van der Waals surface area contributed by atoms with E-state index in [0.717, 1.165) is 12.1 Å². The Labute approximate surface area is 147 Å². The second kappa shape index (κ2) is 6.31. The number of pyridine rings is 2. The smallest absolute Gasteiger partial charge is 0.350 e. The number of hydrogen-bond acceptors (Lipinski definition) is 2. The number of alkyl halides is 3. The standard InChI is InChI=1S/C16H11F3N2O.HI/c1-21-8-2-3-12-14(21)9-13(20-15(12)22)10-4-6-11(7-5-10)16(17,18)19;/h2-9H,1H3;1H. The summed E-state index contributed by atoms with van der Waals surface area (Å²) in [6.07, 6.45) is -2.59. The van der Waals surface area contributed by atoms with Gasteiger partial charge in [0.2, 0.25) is 0 Å². The van der Waals surface area contributed by atoms with E-state index in [4.69, 9.17) is 0 Å². The number of benzene rings is 1. The van der Waals surface area contributed by atoms with Gasteiger partial charge in [0.1, 0.15) is 0 Å². The molecule has 2 aliphatic heterocycles. The average Bonchev–Trinajstić information content (AvgIpc) is 2.47. The number of aromatic nitrogens is 2. The van der Waals surface area contributed by atoms with Crippen molar-refractivity contribution >= 4 is 24.0 Å². The first kappa shape index (κ1) is 17.5. The molecule has 0 aliphatic carbocycles. The van der Waals surface area contributed by atoms with Crippen LogP contribution in [0, 0.1) is 0 Å². The van der Waals surface area contributed by atoms with E-state index >= 15 is 0 Å². The van der Waals surface area contributed by atoms with Gasteiger partial charge in [-0.05, 0) is 30.3 Å². The fourth-order valence-corrected chi connectivity index (χ4v) is 2.29. The summed E-state index contributed by atoms with van der Waals surface area (Å²) in [5.74, 6) is 0. The van der Waals surface area contributed by atoms with Crippen molar-refractivity contribution in [1.82, 2.24) is 9.55 Å². The zero-order valence-corrected chi connectivity index (χ0v) is 14.3. The molecule has 0 saturated heterocycles. The highest BCUT2D eigenvalue weighted by Crippen LogP contribution is 2.31. The van der Waals surface area contributed by atoms with Crippen LogP contribution in [-0.2, 0) is 13.2 Å². The Kier molecular flexibility index (Phi) is 4.79. The second-order valence-corrected chi connectivity index (χ2v) is 4.94. The third-order valence-corrected chi connectivity index (χ3v) is 3.46. The van der Waals surface area contributed by atoms with Crippen molar-refractivity contribution in [3.05, 3.63) is 64.6 Å². The lowest BCUT2D eigenvalue weighted by Crippen LogP contribution is -2.14. The highest BCUT2D eigenvalue weighted by atomic mass is 127. The number of hydrogen-bond donors (Lipinski definition) is 0. The van der Waals surface area contributed by atoms with E-state index in [1.807, 2.05) is 0 Å². The van der Waals surface area contributed by atoms with Crippen molar-refractivity contribution in [3.63, 3.8) is 0 Å². The van der Waals surface area contributed by atoms with Crippen molar-refractivity contribution in [2.45, 2.75) is 6.18 Å². The topological polar surface area (TPSA) is 34.9 Å². The maximum Gasteiger partial charge on any atom is 0.416 e. The van der Waals surface area contributed by atoms with Crippen LogP contribution >= 0.6 is 24.0 Å². The first-order valence-corrected chi connectivity index (χ1v) is 6.50. The van der Waals surface area contributed by atoms with Gasteiger partial charge in [-0.2, -0.15) is 13.2 Å². The lowest BCUT2D eigenvalue weighted by atomic mass is 10.0. The van der Waals surface area contributed by atoms with Gasteiger partial charge in [0.05, 0.1) is 22.5 Å². The van der Waals surface area contributed by atoms with Crippen LogP contribution in [0.25, 0.3) is 22.5 Å². The minimum absolute atomic E-state index is 0. The van der Waals surface area contributed by atoms with Gasteiger partial charge in [-0.1, -0.05) is 12.1 Å². The number of nitrogens with zero attached hydrogens (tertiary/aromatic N) is 2. The fraction of sp³-hybridized carbons (Fsp3) is 0.125. The van der Waals surface area contributed by atoms with Crippen molar-refractivity contribution in [3.8, 4) is 22.5 Å². The average molecular weight is 432 g/mol. The summed E-state index contributed by atoms with van der Waals surface area (Å²) in [6.45, 7) is 0. The normalized spacial score (nSPS) is 11.3. The van der Waals surface area contributed by atoms with Gasteiger partial charge >= 0.3 is 6.18 Å². The molecule has 23 heavy (non-hydrogen) atoms. The van der Waals surface area contributed by atoms with Crippen molar-refractivity contribution < 1.29 is 13.2 Å². The highest BCUT2D eigenvalue weighted by molar-refractivity contribution is 14.0. The summed E-state index contributed by atoms with van der Waals surface area (Å²) in [6, 6.07) is 9.70. The predicted molar refractivity (Wildman–Crippen MR) is 92.0 cm³/mol. The summed E-state index contributed by atoms with van der Waals surface area (Å²) in [5, 5.41) is 0. The van der Waals surface area contributed by atoms with E-state index in [1.54, 1.807) is 36.0 Å². The maximum atomic E-state index is 12.6. The fourth-order valence-electron chi connectivity index (χ4n) is 2.29. The van der Waals surface area contributed by atoms with Gasteiger partial charge < -0.3 is 4.57 Å². The van der Waals surface area contributed by atoms with Gasteiger partial charge in [-0.15, -0.1) is 24.0 Å². The van der Waals surface area contributed by atoms with E-state index in [0.29, 0.717) is 22.5 Å². The van der Waals surface area contributed by atoms with E-state index in [1.165, 1.54) is 12.1 Å². The summed E-state index contributed by atoms with van der Waals surface area (Å²) >= 11 is 0.